The van der Waals surface area contributed by atoms with Crippen molar-refractivity contribution in [1.29, 1.82) is 5.26 Å². The minimum Gasteiger partial charge on any atom is -0.439 e. The van der Waals surface area contributed by atoms with Crippen molar-refractivity contribution in [3.05, 3.63) is 58.5 Å². The molecule has 1 aromatic carbocycles. The molecule has 1 aromatic rings. The highest BCUT2D eigenvalue weighted by Crippen LogP contribution is 2.33. The number of hydrogen-bond donors (Lipinski definition) is 0. The predicted molar refractivity (Wildman–Crippen MR) is 134 cm³/mol. The molecular weight excluding hydrogens is 382 g/mol. The Bertz CT molecular complexity index is 940. The van der Waals surface area contributed by atoms with E-state index in [0.717, 1.165) is 41.8 Å². The van der Waals surface area contributed by atoms with Crippen molar-refractivity contribution in [3.8, 4) is 11.8 Å². The Labute approximate surface area is 188 Å². The van der Waals surface area contributed by atoms with Crippen LogP contribution >= 0.6 is 0 Å². The van der Waals surface area contributed by atoms with Crippen LogP contribution in [0.15, 0.2) is 57.4 Å². The molecule has 0 amide bonds. The molecule has 4 heteroatoms. The van der Waals surface area contributed by atoms with E-state index in [1.54, 1.807) is 12.1 Å². The quantitative estimate of drug-likeness (QED) is 0.286. The van der Waals surface area contributed by atoms with Gasteiger partial charge in [-0.25, -0.2) is 4.99 Å². The van der Waals surface area contributed by atoms with E-state index in [4.69, 9.17) is 14.7 Å². The van der Waals surface area contributed by atoms with Crippen molar-refractivity contribution in [1.82, 2.24) is 0 Å². The van der Waals surface area contributed by atoms with Crippen LogP contribution in [-0.2, 0) is 0 Å². The van der Waals surface area contributed by atoms with Crippen LogP contribution in [0, 0.1) is 17.2 Å². The number of nitriles is 1. The number of rotatable bonds is 10. The van der Waals surface area contributed by atoms with Crippen LogP contribution in [0.4, 0.5) is 0 Å². The van der Waals surface area contributed by atoms with E-state index in [1.807, 2.05) is 39.1 Å². The van der Waals surface area contributed by atoms with E-state index in [1.165, 1.54) is 5.57 Å². The van der Waals surface area contributed by atoms with Crippen molar-refractivity contribution in [3.63, 3.8) is 0 Å². The zero-order valence-electron chi connectivity index (χ0n) is 20.4. The lowest BCUT2D eigenvalue weighted by atomic mass is 10.0. The highest BCUT2D eigenvalue weighted by molar-refractivity contribution is 5.87. The van der Waals surface area contributed by atoms with Crippen molar-refractivity contribution in [2.45, 2.75) is 74.7 Å². The van der Waals surface area contributed by atoms with Gasteiger partial charge in [-0.2, -0.15) is 5.26 Å². The number of hydrogen-bond acceptors (Lipinski definition) is 4. The molecular formula is C27H37N3O. The minimum absolute atomic E-state index is 0.374. The van der Waals surface area contributed by atoms with Crippen LogP contribution in [0.5, 0.6) is 5.75 Å². The second-order valence-corrected chi connectivity index (χ2v) is 7.57. The maximum absolute atomic E-state index is 9.43. The van der Waals surface area contributed by atoms with Crippen LogP contribution in [0.1, 0.15) is 85.8 Å². The molecule has 0 heterocycles. The highest BCUT2D eigenvalue weighted by atomic mass is 16.5. The largest absolute Gasteiger partial charge is 0.439 e. The average molecular weight is 420 g/mol. The third kappa shape index (κ3) is 7.68. The van der Waals surface area contributed by atoms with E-state index in [-0.39, 0.29) is 0 Å². The molecule has 1 unspecified atom stereocenters. The molecule has 0 fully saturated rings. The van der Waals surface area contributed by atoms with Gasteiger partial charge >= 0.3 is 0 Å². The summed E-state index contributed by atoms with van der Waals surface area (Å²) in [6.45, 7) is 16.6. The molecule has 0 aromatic heterocycles. The first-order valence-electron chi connectivity index (χ1n) is 11.2. The summed E-state index contributed by atoms with van der Waals surface area (Å²) in [5.41, 5.74) is 5.61. The summed E-state index contributed by atoms with van der Waals surface area (Å²) in [6, 6.07) is 7.69. The second-order valence-electron chi connectivity index (χ2n) is 7.57. The van der Waals surface area contributed by atoms with Crippen molar-refractivity contribution >= 4 is 17.6 Å². The van der Waals surface area contributed by atoms with Gasteiger partial charge in [0.1, 0.15) is 5.75 Å². The molecule has 0 aliphatic rings. The summed E-state index contributed by atoms with van der Waals surface area (Å²) < 4.78 is 6.24. The average Bonchev–Trinajstić information content (AvgIpc) is 2.80. The molecule has 0 aliphatic heterocycles. The van der Waals surface area contributed by atoms with Crippen LogP contribution in [0.25, 0.3) is 5.70 Å². The summed E-state index contributed by atoms with van der Waals surface area (Å²) in [7, 11) is 0. The fraction of sp³-hybridized carbons (Fsp3) is 0.444. The molecule has 0 spiro atoms. The SMILES string of the molecule is C\C=C(/C=N/C(=C(/C)CC)c1ccc(C#N)cc1O/C(=C/C)N=C(C)C(C)CC)CC. The van der Waals surface area contributed by atoms with Crippen LogP contribution in [-0.4, -0.2) is 11.9 Å². The van der Waals surface area contributed by atoms with E-state index in [2.05, 4.69) is 46.8 Å². The van der Waals surface area contributed by atoms with Crippen LogP contribution < -0.4 is 4.74 Å². The second kappa shape index (κ2) is 13.4. The number of aliphatic imine (C=N–C) groups is 2. The minimum atomic E-state index is 0.374. The van der Waals surface area contributed by atoms with Gasteiger partial charge in [0.25, 0.3) is 0 Å². The predicted octanol–water partition coefficient (Wildman–Crippen LogP) is 7.87. The topological polar surface area (TPSA) is 57.7 Å². The molecule has 0 saturated carbocycles. The Morgan fingerprint density at radius 2 is 1.84 bits per heavy atom. The smallest absolute Gasteiger partial charge is 0.214 e. The molecule has 4 nitrogen and oxygen atoms in total. The van der Waals surface area contributed by atoms with Gasteiger partial charge in [-0.05, 0) is 88.3 Å². The summed E-state index contributed by atoms with van der Waals surface area (Å²) in [5.74, 6) is 1.49. The van der Waals surface area contributed by atoms with Gasteiger partial charge in [0.15, 0.2) is 0 Å². The van der Waals surface area contributed by atoms with E-state index >= 15 is 0 Å². The molecule has 0 bridgehead atoms. The van der Waals surface area contributed by atoms with E-state index < -0.39 is 0 Å². The Morgan fingerprint density at radius 1 is 1.13 bits per heavy atom. The highest BCUT2D eigenvalue weighted by Gasteiger charge is 2.14. The summed E-state index contributed by atoms with van der Waals surface area (Å²) in [6.07, 6.45) is 8.64. The Morgan fingerprint density at radius 3 is 2.35 bits per heavy atom. The monoisotopic (exact) mass is 419 g/mol. The molecule has 0 N–H and O–H groups in total. The lowest BCUT2D eigenvalue weighted by molar-refractivity contribution is 0.417. The van der Waals surface area contributed by atoms with Gasteiger partial charge in [-0.15, -0.1) is 0 Å². The molecule has 0 radical (unpaired) electrons. The number of nitrogens with zero attached hydrogens (tertiary/aromatic N) is 3. The van der Waals surface area contributed by atoms with Gasteiger partial charge in [0.05, 0.1) is 17.3 Å². The zero-order valence-corrected chi connectivity index (χ0v) is 20.4. The van der Waals surface area contributed by atoms with Crippen molar-refractivity contribution in [2.24, 2.45) is 15.9 Å². The molecule has 0 saturated heterocycles. The van der Waals surface area contributed by atoms with E-state index in [0.29, 0.717) is 23.1 Å². The fourth-order valence-electron chi connectivity index (χ4n) is 2.80. The van der Waals surface area contributed by atoms with Crippen LogP contribution in [0.3, 0.4) is 0 Å². The summed E-state index contributed by atoms with van der Waals surface area (Å²) >= 11 is 0. The normalized spacial score (nSPS) is 15.0. The molecule has 1 rings (SSSR count). The van der Waals surface area contributed by atoms with Gasteiger partial charge in [-0.3, -0.25) is 4.99 Å². The van der Waals surface area contributed by atoms with Gasteiger partial charge in [0, 0.05) is 17.5 Å². The Balaban J connectivity index is 3.56. The van der Waals surface area contributed by atoms with E-state index in [9.17, 15) is 5.26 Å². The van der Waals surface area contributed by atoms with Crippen molar-refractivity contribution < 1.29 is 4.74 Å². The van der Waals surface area contributed by atoms with Gasteiger partial charge in [-0.1, -0.05) is 33.8 Å². The summed E-state index contributed by atoms with van der Waals surface area (Å²) in [4.78, 5) is 9.52. The number of benzene rings is 1. The Kier molecular flexibility index (Phi) is 11.3. The number of allylic oxidation sites excluding steroid dienone is 4. The zero-order chi connectivity index (χ0) is 23.4. The maximum Gasteiger partial charge on any atom is 0.214 e. The first-order valence-corrected chi connectivity index (χ1v) is 11.2. The maximum atomic E-state index is 9.43. The van der Waals surface area contributed by atoms with Gasteiger partial charge in [0.2, 0.25) is 5.88 Å². The molecule has 166 valence electrons. The first-order chi connectivity index (χ1) is 14.8. The molecule has 1 atom stereocenters. The van der Waals surface area contributed by atoms with Crippen molar-refractivity contribution in [2.75, 3.05) is 0 Å². The fourth-order valence-corrected chi connectivity index (χ4v) is 2.80. The molecule has 31 heavy (non-hydrogen) atoms. The lowest BCUT2D eigenvalue weighted by Crippen LogP contribution is -2.07. The third-order valence-corrected chi connectivity index (χ3v) is 5.51. The first kappa shape index (κ1) is 26.1. The van der Waals surface area contributed by atoms with Crippen LogP contribution in [0.2, 0.25) is 0 Å². The standard InChI is InChI=1S/C27H37N3O/c1-9-19(6)21(8)30-26(13-5)31-25-16-23(17-28)14-15-24(25)27(20(7)10-2)29-18-22(11-3)12-4/h11,13-16,18-19H,9-10,12H2,1-8H3/b22-11-,26-13+,27-20-,29-18+,30-21?. The lowest BCUT2D eigenvalue weighted by Gasteiger charge is -2.15. The summed E-state index contributed by atoms with van der Waals surface area (Å²) in [5, 5.41) is 9.43. The molecule has 0 aliphatic carbocycles. The third-order valence-electron chi connectivity index (χ3n) is 5.51. The van der Waals surface area contributed by atoms with Gasteiger partial charge < -0.3 is 4.74 Å². The Hall–Kier alpha value is -2.93. The number of ether oxygens (including phenoxy) is 1.